The molecule has 0 bridgehead atoms. The Morgan fingerprint density at radius 3 is 2.69 bits per heavy atom. The third-order valence-electron chi connectivity index (χ3n) is 5.40. The van der Waals surface area contributed by atoms with Crippen LogP contribution in [0.1, 0.15) is 32.1 Å². The van der Waals surface area contributed by atoms with E-state index in [1.807, 2.05) is 29.2 Å². The number of anilines is 4. The van der Waals surface area contributed by atoms with Crippen LogP contribution in [0.25, 0.3) is 0 Å². The van der Waals surface area contributed by atoms with Gasteiger partial charge in [0, 0.05) is 49.7 Å². The van der Waals surface area contributed by atoms with Gasteiger partial charge < -0.3 is 26.2 Å². The number of halogens is 1. The molecule has 32 heavy (non-hydrogen) atoms. The minimum absolute atomic E-state index is 0.0700. The highest BCUT2D eigenvalue weighted by atomic mass is 79.9. The number of urea groups is 1. The molecule has 1 aliphatic heterocycles. The number of amides is 3. The van der Waals surface area contributed by atoms with E-state index in [1.165, 1.54) is 0 Å². The van der Waals surface area contributed by atoms with E-state index in [0.717, 1.165) is 61.0 Å². The van der Waals surface area contributed by atoms with Crippen molar-refractivity contribution in [2.45, 2.75) is 32.1 Å². The number of benzene rings is 1. The molecule has 1 saturated heterocycles. The number of aromatic nitrogens is 2. The van der Waals surface area contributed by atoms with Gasteiger partial charge in [-0.1, -0.05) is 6.07 Å². The van der Waals surface area contributed by atoms with Crippen molar-refractivity contribution in [2.75, 3.05) is 42.1 Å². The summed E-state index contributed by atoms with van der Waals surface area (Å²) >= 11 is 3.47. The fraction of sp³-hybridized carbons (Fsp3) is 0.455. The lowest BCUT2D eigenvalue weighted by Crippen LogP contribution is -2.32. The first-order chi connectivity index (χ1) is 15.6. The molecule has 3 amide bonds. The van der Waals surface area contributed by atoms with Crippen LogP contribution >= 0.6 is 15.9 Å². The van der Waals surface area contributed by atoms with Crippen molar-refractivity contribution in [1.82, 2.24) is 20.2 Å². The largest absolute Gasteiger partial charge is 0.369 e. The Bertz CT molecular complexity index is 961. The highest BCUT2D eigenvalue weighted by molar-refractivity contribution is 9.10. The number of carbonyl (C=O) groups excluding carboxylic acids is 2. The highest BCUT2D eigenvalue weighted by Gasteiger charge is 2.28. The van der Waals surface area contributed by atoms with Gasteiger partial charge in [-0.05, 0) is 66.2 Å². The van der Waals surface area contributed by atoms with Crippen LogP contribution in [-0.2, 0) is 4.79 Å². The van der Waals surface area contributed by atoms with Crippen molar-refractivity contribution >= 4 is 51.0 Å². The summed E-state index contributed by atoms with van der Waals surface area (Å²) in [6.45, 7) is 2.93. The zero-order chi connectivity index (χ0) is 22.3. The maximum Gasteiger partial charge on any atom is 0.321 e. The molecule has 1 aromatic heterocycles. The summed E-state index contributed by atoms with van der Waals surface area (Å²) in [4.78, 5) is 34.7. The van der Waals surface area contributed by atoms with Gasteiger partial charge in [0.2, 0.25) is 11.9 Å². The van der Waals surface area contributed by atoms with E-state index < -0.39 is 0 Å². The van der Waals surface area contributed by atoms with Crippen LogP contribution in [0.15, 0.2) is 34.9 Å². The first kappa shape index (κ1) is 22.3. The molecule has 4 N–H and O–H groups in total. The van der Waals surface area contributed by atoms with Crippen LogP contribution in [0.2, 0.25) is 0 Å². The van der Waals surface area contributed by atoms with E-state index >= 15 is 0 Å². The van der Waals surface area contributed by atoms with E-state index in [2.05, 4.69) is 47.2 Å². The van der Waals surface area contributed by atoms with Gasteiger partial charge >= 0.3 is 6.03 Å². The maximum absolute atomic E-state index is 12.3. The number of rotatable bonds is 9. The molecule has 170 valence electrons. The van der Waals surface area contributed by atoms with Gasteiger partial charge in [0.1, 0.15) is 5.82 Å². The predicted molar refractivity (Wildman–Crippen MR) is 128 cm³/mol. The Morgan fingerprint density at radius 2 is 1.91 bits per heavy atom. The summed E-state index contributed by atoms with van der Waals surface area (Å²) < 4.78 is 0.761. The summed E-state index contributed by atoms with van der Waals surface area (Å²) in [7, 11) is 0. The van der Waals surface area contributed by atoms with Gasteiger partial charge in [-0.2, -0.15) is 4.98 Å². The Labute approximate surface area is 195 Å². The molecular formula is C22H28BrN7O2. The Hall–Kier alpha value is -2.88. The first-order valence-electron chi connectivity index (χ1n) is 11.1. The standard InChI is InChI=1S/C22H28BrN7O2/c23-18-14-26-21(29-19(18)24-9-4-10-25-20(31)15-7-8-15)27-16-5-3-6-17(13-16)28-22(32)30-11-1-2-12-30/h3,5-6,13-15H,1-2,4,7-12H2,(H,25,31)(H,28,32)(H2,24,26,27,29). The van der Waals surface area contributed by atoms with Crippen LogP contribution in [0.5, 0.6) is 0 Å². The lowest BCUT2D eigenvalue weighted by atomic mass is 10.3. The highest BCUT2D eigenvalue weighted by Crippen LogP contribution is 2.28. The van der Waals surface area contributed by atoms with Gasteiger partial charge in [0.15, 0.2) is 0 Å². The quantitative estimate of drug-likeness (QED) is 0.387. The van der Waals surface area contributed by atoms with E-state index in [1.54, 1.807) is 6.20 Å². The van der Waals surface area contributed by atoms with Crippen molar-refractivity contribution in [1.29, 1.82) is 0 Å². The molecule has 10 heteroatoms. The van der Waals surface area contributed by atoms with Gasteiger partial charge in [0.05, 0.1) is 4.47 Å². The second kappa shape index (κ2) is 10.6. The molecule has 0 unspecified atom stereocenters. The minimum atomic E-state index is -0.0700. The summed E-state index contributed by atoms with van der Waals surface area (Å²) in [6, 6.07) is 7.41. The summed E-state index contributed by atoms with van der Waals surface area (Å²) in [5, 5.41) is 12.4. The van der Waals surface area contributed by atoms with Gasteiger partial charge in [0.25, 0.3) is 0 Å². The molecule has 4 rings (SSSR count). The predicted octanol–water partition coefficient (Wildman–Crippen LogP) is 3.94. The summed E-state index contributed by atoms with van der Waals surface area (Å²) in [6.07, 6.45) is 6.63. The monoisotopic (exact) mass is 501 g/mol. The van der Waals surface area contributed by atoms with Gasteiger partial charge in [-0.3, -0.25) is 4.79 Å². The molecule has 2 heterocycles. The molecule has 1 saturated carbocycles. The lowest BCUT2D eigenvalue weighted by molar-refractivity contribution is -0.122. The normalized spacial score (nSPS) is 15.3. The molecule has 2 aliphatic rings. The van der Waals surface area contributed by atoms with E-state index in [-0.39, 0.29) is 17.9 Å². The third kappa shape index (κ3) is 6.32. The topological polar surface area (TPSA) is 111 Å². The average Bonchev–Trinajstić information content (AvgIpc) is 3.49. The number of likely N-dealkylation sites (tertiary alicyclic amines) is 1. The third-order valence-corrected chi connectivity index (χ3v) is 5.98. The Kier molecular flexibility index (Phi) is 7.41. The molecule has 1 aromatic carbocycles. The van der Waals surface area contributed by atoms with Crippen molar-refractivity contribution in [2.24, 2.45) is 5.92 Å². The van der Waals surface area contributed by atoms with Gasteiger partial charge in [-0.15, -0.1) is 0 Å². The molecule has 2 fully saturated rings. The Balaban J connectivity index is 1.29. The van der Waals surface area contributed by atoms with Crippen molar-refractivity contribution < 1.29 is 9.59 Å². The maximum atomic E-state index is 12.3. The lowest BCUT2D eigenvalue weighted by Gasteiger charge is -2.16. The number of nitrogens with one attached hydrogen (secondary N) is 4. The number of hydrogen-bond donors (Lipinski definition) is 4. The van der Waals surface area contributed by atoms with Crippen LogP contribution in [0.3, 0.4) is 0 Å². The molecular weight excluding hydrogens is 474 g/mol. The first-order valence-corrected chi connectivity index (χ1v) is 11.8. The SMILES string of the molecule is O=C(NCCCNc1nc(Nc2cccc(NC(=O)N3CCCC3)c2)ncc1Br)C1CC1. The summed E-state index contributed by atoms with van der Waals surface area (Å²) in [5.41, 5.74) is 1.50. The molecule has 0 spiro atoms. The van der Waals surface area contributed by atoms with E-state index in [9.17, 15) is 9.59 Å². The van der Waals surface area contributed by atoms with Crippen LogP contribution in [0.4, 0.5) is 27.9 Å². The minimum Gasteiger partial charge on any atom is -0.369 e. The zero-order valence-electron chi connectivity index (χ0n) is 17.9. The fourth-order valence-electron chi connectivity index (χ4n) is 3.47. The van der Waals surface area contributed by atoms with E-state index in [4.69, 9.17) is 0 Å². The smallest absolute Gasteiger partial charge is 0.321 e. The molecule has 1 aliphatic carbocycles. The molecule has 2 aromatic rings. The average molecular weight is 502 g/mol. The number of nitrogens with zero attached hydrogens (tertiary/aromatic N) is 3. The summed E-state index contributed by atoms with van der Waals surface area (Å²) in [5.74, 6) is 1.52. The molecule has 0 atom stereocenters. The molecule has 0 radical (unpaired) electrons. The van der Waals surface area contributed by atoms with Crippen molar-refractivity contribution in [3.8, 4) is 0 Å². The number of carbonyl (C=O) groups is 2. The second-order valence-electron chi connectivity index (χ2n) is 8.07. The fourth-order valence-corrected chi connectivity index (χ4v) is 3.81. The molecule has 9 nitrogen and oxygen atoms in total. The van der Waals surface area contributed by atoms with Crippen LogP contribution < -0.4 is 21.3 Å². The Morgan fingerprint density at radius 1 is 1.12 bits per heavy atom. The van der Waals surface area contributed by atoms with Crippen molar-refractivity contribution in [3.05, 3.63) is 34.9 Å². The van der Waals surface area contributed by atoms with Gasteiger partial charge in [-0.25, -0.2) is 9.78 Å². The number of hydrogen-bond acceptors (Lipinski definition) is 6. The zero-order valence-corrected chi connectivity index (χ0v) is 19.5. The van der Waals surface area contributed by atoms with E-state index in [0.29, 0.717) is 24.9 Å². The van der Waals surface area contributed by atoms with Crippen LogP contribution in [-0.4, -0.2) is 53.0 Å². The van der Waals surface area contributed by atoms with Crippen LogP contribution in [0, 0.1) is 5.92 Å². The second-order valence-corrected chi connectivity index (χ2v) is 8.92. The van der Waals surface area contributed by atoms with Crippen molar-refractivity contribution in [3.63, 3.8) is 0 Å².